The predicted molar refractivity (Wildman–Crippen MR) is 88.6 cm³/mol. The number of hydrogen-bond donors (Lipinski definition) is 2. The Balaban J connectivity index is 1.70. The molecule has 1 aliphatic heterocycles. The van der Waals surface area contributed by atoms with Gasteiger partial charge in [-0.05, 0) is 44.0 Å². The van der Waals surface area contributed by atoms with Crippen molar-refractivity contribution in [2.75, 3.05) is 12.3 Å². The van der Waals surface area contributed by atoms with E-state index >= 15 is 0 Å². The molecule has 7 heteroatoms. The minimum Gasteiger partial charge on any atom is -0.382 e. The zero-order chi connectivity index (χ0) is 17.1. The van der Waals surface area contributed by atoms with Gasteiger partial charge in [0.1, 0.15) is 17.5 Å². The molecule has 0 radical (unpaired) electrons. The van der Waals surface area contributed by atoms with Crippen LogP contribution >= 0.6 is 0 Å². The standard InChI is InChI=1S/C17H19N5O2/c1-11(15-3-2-8-24-15)21-17(23)12-4-6-14(7-5-12)22-16(19)13(9-18)10-20-22/h4-7,10-11,15H,2-3,8,19H2,1H3,(H,21,23)/t11-,15+/m0/s1. The van der Waals surface area contributed by atoms with Gasteiger partial charge in [0.05, 0.1) is 24.0 Å². The predicted octanol–water partition coefficient (Wildman–Crippen LogP) is 1.62. The number of carbonyl (C=O) groups is 1. The maximum Gasteiger partial charge on any atom is 0.251 e. The molecule has 2 aromatic rings. The number of benzene rings is 1. The maximum atomic E-state index is 12.3. The van der Waals surface area contributed by atoms with E-state index < -0.39 is 0 Å². The minimum atomic E-state index is -0.143. The first-order valence-corrected chi connectivity index (χ1v) is 7.86. The molecule has 1 aromatic carbocycles. The Labute approximate surface area is 140 Å². The first-order valence-electron chi connectivity index (χ1n) is 7.86. The van der Waals surface area contributed by atoms with Crippen molar-refractivity contribution in [2.45, 2.75) is 31.9 Å². The van der Waals surface area contributed by atoms with Crippen LogP contribution in [-0.4, -0.2) is 34.4 Å². The van der Waals surface area contributed by atoms with Gasteiger partial charge in [0.25, 0.3) is 5.91 Å². The van der Waals surface area contributed by atoms with Crippen molar-refractivity contribution in [3.05, 3.63) is 41.6 Å². The third-order valence-electron chi connectivity index (χ3n) is 4.18. The summed E-state index contributed by atoms with van der Waals surface area (Å²) in [6.45, 7) is 2.71. The Hall–Kier alpha value is -2.85. The van der Waals surface area contributed by atoms with E-state index in [4.69, 9.17) is 15.7 Å². The summed E-state index contributed by atoms with van der Waals surface area (Å²) in [4.78, 5) is 12.3. The Kier molecular flexibility index (Phi) is 4.49. The molecular formula is C17H19N5O2. The molecule has 3 rings (SSSR count). The van der Waals surface area contributed by atoms with Crippen molar-refractivity contribution < 1.29 is 9.53 Å². The lowest BCUT2D eigenvalue weighted by atomic mass is 10.1. The highest BCUT2D eigenvalue weighted by Gasteiger charge is 2.24. The van der Waals surface area contributed by atoms with Crippen LogP contribution in [0.3, 0.4) is 0 Å². The fourth-order valence-electron chi connectivity index (χ4n) is 2.78. The van der Waals surface area contributed by atoms with E-state index in [0.717, 1.165) is 19.4 Å². The maximum absolute atomic E-state index is 12.3. The summed E-state index contributed by atoms with van der Waals surface area (Å²) in [5, 5.41) is 16.0. The zero-order valence-electron chi connectivity index (χ0n) is 13.4. The van der Waals surface area contributed by atoms with Gasteiger partial charge in [-0.15, -0.1) is 0 Å². The minimum absolute atomic E-state index is 0.0281. The van der Waals surface area contributed by atoms with Crippen molar-refractivity contribution >= 4 is 11.7 Å². The highest BCUT2D eigenvalue weighted by molar-refractivity contribution is 5.94. The van der Waals surface area contributed by atoms with Gasteiger partial charge in [-0.2, -0.15) is 10.4 Å². The van der Waals surface area contributed by atoms with Gasteiger partial charge in [-0.3, -0.25) is 4.79 Å². The van der Waals surface area contributed by atoms with E-state index in [2.05, 4.69) is 10.4 Å². The molecular weight excluding hydrogens is 306 g/mol. The van der Waals surface area contributed by atoms with Gasteiger partial charge in [-0.1, -0.05) is 0 Å². The van der Waals surface area contributed by atoms with Crippen molar-refractivity contribution in [2.24, 2.45) is 0 Å². The molecule has 2 heterocycles. The van der Waals surface area contributed by atoms with Gasteiger partial charge < -0.3 is 15.8 Å². The van der Waals surface area contributed by atoms with Gasteiger partial charge in [0, 0.05) is 12.2 Å². The van der Waals surface area contributed by atoms with Crippen LogP contribution in [0.2, 0.25) is 0 Å². The summed E-state index contributed by atoms with van der Waals surface area (Å²) >= 11 is 0. The summed E-state index contributed by atoms with van der Waals surface area (Å²) in [7, 11) is 0. The molecule has 0 saturated carbocycles. The Morgan fingerprint density at radius 2 is 2.25 bits per heavy atom. The summed E-state index contributed by atoms with van der Waals surface area (Å²) in [6.07, 6.45) is 3.51. The van der Waals surface area contributed by atoms with Gasteiger partial charge in [0.15, 0.2) is 0 Å². The van der Waals surface area contributed by atoms with Crippen LogP contribution in [0.1, 0.15) is 35.7 Å². The molecule has 0 aliphatic carbocycles. The average Bonchev–Trinajstić information content (AvgIpc) is 3.24. The normalized spacial score (nSPS) is 18.1. The molecule has 124 valence electrons. The molecule has 7 nitrogen and oxygen atoms in total. The fraction of sp³-hybridized carbons (Fsp3) is 0.353. The Morgan fingerprint density at radius 1 is 1.50 bits per heavy atom. The molecule has 0 spiro atoms. The first-order chi connectivity index (χ1) is 11.6. The molecule has 24 heavy (non-hydrogen) atoms. The van der Waals surface area contributed by atoms with E-state index in [1.165, 1.54) is 10.9 Å². The van der Waals surface area contributed by atoms with E-state index in [1.807, 2.05) is 13.0 Å². The van der Waals surface area contributed by atoms with Gasteiger partial charge >= 0.3 is 0 Å². The van der Waals surface area contributed by atoms with Crippen molar-refractivity contribution in [1.82, 2.24) is 15.1 Å². The zero-order valence-corrected chi connectivity index (χ0v) is 13.4. The van der Waals surface area contributed by atoms with Crippen molar-refractivity contribution in [3.8, 4) is 11.8 Å². The summed E-state index contributed by atoms with van der Waals surface area (Å²) < 4.78 is 7.06. The molecule has 1 aromatic heterocycles. The lowest BCUT2D eigenvalue weighted by Gasteiger charge is -2.20. The number of nitrogens with zero attached hydrogens (tertiary/aromatic N) is 3. The SMILES string of the molecule is C[C@H](NC(=O)c1ccc(-n2ncc(C#N)c2N)cc1)[C@H]1CCCO1. The number of ether oxygens (including phenoxy) is 1. The number of nitriles is 1. The molecule has 1 fully saturated rings. The Morgan fingerprint density at radius 3 is 2.83 bits per heavy atom. The van der Waals surface area contributed by atoms with Gasteiger partial charge in [0.2, 0.25) is 0 Å². The van der Waals surface area contributed by atoms with Crippen LogP contribution in [0.15, 0.2) is 30.5 Å². The number of anilines is 1. The number of hydrogen-bond acceptors (Lipinski definition) is 5. The van der Waals surface area contributed by atoms with Crippen LogP contribution in [0.4, 0.5) is 5.82 Å². The third-order valence-corrected chi connectivity index (χ3v) is 4.18. The highest BCUT2D eigenvalue weighted by Crippen LogP contribution is 2.18. The molecule has 1 amide bonds. The van der Waals surface area contributed by atoms with E-state index in [1.54, 1.807) is 24.3 Å². The molecule has 1 saturated heterocycles. The van der Waals surface area contributed by atoms with Crippen LogP contribution in [0, 0.1) is 11.3 Å². The number of nitrogens with two attached hydrogens (primary N) is 1. The molecule has 0 bridgehead atoms. The van der Waals surface area contributed by atoms with E-state index in [-0.39, 0.29) is 23.9 Å². The monoisotopic (exact) mass is 325 g/mol. The molecule has 1 aliphatic rings. The average molecular weight is 325 g/mol. The second-order valence-corrected chi connectivity index (χ2v) is 5.83. The topological polar surface area (TPSA) is 106 Å². The van der Waals surface area contributed by atoms with Crippen LogP contribution < -0.4 is 11.1 Å². The number of nitrogen functional groups attached to an aromatic ring is 1. The largest absolute Gasteiger partial charge is 0.382 e. The van der Waals surface area contributed by atoms with Gasteiger partial charge in [-0.25, -0.2) is 4.68 Å². The number of rotatable bonds is 4. The second kappa shape index (κ2) is 6.72. The fourth-order valence-corrected chi connectivity index (χ4v) is 2.78. The van der Waals surface area contributed by atoms with Crippen molar-refractivity contribution in [1.29, 1.82) is 5.26 Å². The van der Waals surface area contributed by atoms with Crippen LogP contribution in [0.5, 0.6) is 0 Å². The highest BCUT2D eigenvalue weighted by atomic mass is 16.5. The molecule has 2 atom stereocenters. The number of carbonyl (C=O) groups excluding carboxylic acids is 1. The molecule has 3 N–H and O–H groups in total. The van der Waals surface area contributed by atoms with Crippen molar-refractivity contribution in [3.63, 3.8) is 0 Å². The van der Waals surface area contributed by atoms with E-state index in [0.29, 0.717) is 16.8 Å². The second-order valence-electron chi connectivity index (χ2n) is 5.83. The smallest absolute Gasteiger partial charge is 0.251 e. The number of nitrogens with one attached hydrogen (secondary N) is 1. The summed E-state index contributed by atoms with van der Waals surface area (Å²) in [6, 6.07) is 8.86. The quantitative estimate of drug-likeness (QED) is 0.888. The van der Waals surface area contributed by atoms with Crippen LogP contribution in [-0.2, 0) is 4.74 Å². The summed E-state index contributed by atoms with van der Waals surface area (Å²) in [5.74, 6) is 0.136. The van der Waals surface area contributed by atoms with Crippen LogP contribution in [0.25, 0.3) is 5.69 Å². The van der Waals surface area contributed by atoms with E-state index in [9.17, 15) is 4.79 Å². The third kappa shape index (κ3) is 3.09. The molecule has 0 unspecified atom stereocenters. The number of aromatic nitrogens is 2. The lowest BCUT2D eigenvalue weighted by Crippen LogP contribution is -2.40. The number of amides is 1. The summed E-state index contributed by atoms with van der Waals surface area (Å²) in [5.41, 5.74) is 7.43. The Bertz CT molecular complexity index is 769. The first kappa shape index (κ1) is 16.0. The lowest BCUT2D eigenvalue weighted by molar-refractivity contribution is 0.0712.